The lowest BCUT2D eigenvalue weighted by atomic mass is 9.74. The Morgan fingerprint density at radius 3 is 2.58 bits per heavy atom. The largest absolute Gasteiger partial charge is 0.434 e. The van der Waals surface area contributed by atoms with Gasteiger partial charge in [-0.2, -0.15) is 13.2 Å². The molecule has 3 aromatic heterocycles. The molecule has 1 aliphatic carbocycles. The quantitative estimate of drug-likeness (QED) is 0.641. The predicted octanol–water partition coefficient (Wildman–Crippen LogP) is 4.39. The second-order valence-electron chi connectivity index (χ2n) is 8.34. The number of aromatic nitrogens is 4. The van der Waals surface area contributed by atoms with Crippen LogP contribution in [0.3, 0.4) is 0 Å². The summed E-state index contributed by atoms with van der Waals surface area (Å²) >= 11 is 0.983. The molecule has 164 valence electrons. The first kappa shape index (κ1) is 20.6. The molecule has 1 saturated carbocycles. The van der Waals surface area contributed by atoms with E-state index in [-0.39, 0.29) is 16.4 Å². The molecule has 2 N–H and O–H groups in total. The minimum absolute atomic E-state index is 0.0320. The van der Waals surface area contributed by atoms with E-state index < -0.39 is 11.9 Å². The second-order valence-corrected chi connectivity index (χ2v) is 9.43. The minimum atomic E-state index is -4.52. The third-order valence-electron chi connectivity index (χ3n) is 6.65. The highest BCUT2D eigenvalue weighted by Crippen LogP contribution is 2.46. The summed E-state index contributed by atoms with van der Waals surface area (Å²) in [5, 5.41) is 0. The van der Waals surface area contributed by atoms with Gasteiger partial charge in [0.25, 0.3) is 0 Å². The lowest BCUT2D eigenvalue weighted by Crippen LogP contribution is -2.47. The van der Waals surface area contributed by atoms with Crippen molar-refractivity contribution in [3.8, 4) is 0 Å². The predicted molar refractivity (Wildman–Crippen MR) is 112 cm³/mol. The third kappa shape index (κ3) is 3.65. The van der Waals surface area contributed by atoms with Crippen LogP contribution in [0.1, 0.15) is 37.8 Å². The van der Waals surface area contributed by atoms with Crippen molar-refractivity contribution in [3.05, 3.63) is 42.6 Å². The van der Waals surface area contributed by atoms with Crippen LogP contribution in [0.4, 0.5) is 19.1 Å². The van der Waals surface area contributed by atoms with E-state index >= 15 is 0 Å². The van der Waals surface area contributed by atoms with Gasteiger partial charge in [-0.3, -0.25) is 9.38 Å². The second kappa shape index (κ2) is 7.67. The van der Waals surface area contributed by atoms with E-state index in [1.807, 2.05) is 4.40 Å². The normalized spacial score (nSPS) is 21.3. The smallest absolute Gasteiger partial charge is 0.342 e. The van der Waals surface area contributed by atoms with E-state index in [4.69, 9.17) is 5.73 Å². The molecule has 31 heavy (non-hydrogen) atoms. The molecule has 0 amide bonds. The number of alkyl halides is 3. The maximum Gasteiger partial charge on any atom is 0.434 e. The fourth-order valence-corrected chi connectivity index (χ4v) is 5.93. The van der Waals surface area contributed by atoms with Gasteiger partial charge in [0.1, 0.15) is 0 Å². The van der Waals surface area contributed by atoms with E-state index in [0.29, 0.717) is 10.5 Å². The Morgan fingerprint density at radius 1 is 1.06 bits per heavy atom. The fourth-order valence-electron chi connectivity index (χ4n) is 4.93. The number of hydrogen-bond donors (Lipinski definition) is 1. The van der Waals surface area contributed by atoms with Crippen LogP contribution < -0.4 is 10.6 Å². The van der Waals surface area contributed by atoms with Crippen molar-refractivity contribution in [2.24, 2.45) is 11.1 Å². The Bertz CT molecular complexity index is 1090. The molecule has 1 atom stereocenters. The van der Waals surface area contributed by atoms with Gasteiger partial charge >= 0.3 is 6.18 Å². The molecule has 2 fully saturated rings. The molecule has 3 aromatic rings. The Morgan fingerprint density at radius 2 is 1.87 bits per heavy atom. The summed E-state index contributed by atoms with van der Waals surface area (Å²) in [4.78, 5) is 15.4. The lowest BCUT2D eigenvalue weighted by molar-refractivity contribution is -0.143. The third-order valence-corrected chi connectivity index (χ3v) is 7.71. The summed E-state index contributed by atoms with van der Waals surface area (Å²) in [6.07, 6.45) is 7.26. The molecular formula is C21H23F3N6S. The van der Waals surface area contributed by atoms with Crippen molar-refractivity contribution < 1.29 is 13.2 Å². The van der Waals surface area contributed by atoms with Crippen molar-refractivity contribution in [3.63, 3.8) is 0 Å². The summed E-state index contributed by atoms with van der Waals surface area (Å²) in [6.45, 7) is 1.72. The van der Waals surface area contributed by atoms with E-state index in [1.165, 1.54) is 25.0 Å². The van der Waals surface area contributed by atoms with Crippen molar-refractivity contribution in [1.29, 1.82) is 0 Å². The summed E-state index contributed by atoms with van der Waals surface area (Å²) in [7, 11) is 0. The van der Waals surface area contributed by atoms with Crippen molar-refractivity contribution >= 4 is 23.4 Å². The van der Waals surface area contributed by atoms with Crippen LogP contribution in [0, 0.1) is 5.41 Å². The first-order valence-corrected chi connectivity index (χ1v) is 11.2. The summed E-state index contributed by atoms with van der Waals surface area (Å²) in [6, 6.07) is 3.19. The molecule has 1 unspecified atom stereocenters. The lowest BCUT2D eigenvalue weighted by Gasteiger charge is -2.42. The minimum Gasteiger partial charge on any atom is -0.342 e. The van der Waals surface area contributed by atoms with E-state index in [1.54, 1.807) is 18.6 Å². The number of anilines is 1. The molecule has 0 bridgehead atoms. The fraction of sp³-hybridized carbons (Fsp3) is 0.476. The van der Waals surface area contributed by atoms with Gasteiger partial charge in [0.15, 0.2) is 11.3 Å². The average Bonchev–Trinajstić information content (AvgIpc) is 3.37. The zero-order valence-corrected chi connectivity index (χ0v) is 17.7. The zero-order chi connectivity index (χ0) is 21.6. The molecule has 0 aromatic carbocycles. The number of hydrogen-bond acceptors (Lipinski definition) is 6. The van der Waals surface area contributed by atoms with Gasteiger partial charge in [-0.1, -0.05) is 18.2 Å². The van der Waals surface area contributed by atoms with Gasteiger partial charge in [-0.25, -0.2) is 9.97 Å². The number of pyridine rings is 1. The topological polar surface area (TPSA) is 72.3 Å². The van der Waals surface area contributed by atoms with Crippen LogP contribution in [0.15, 0.2) is 46.7 Å². The SMILES string of the molecule is NC1CCCC12CCN(c1ncc(Sc3cccnc3C(F)(F)F)c3nccn13)CC2. The van der Waals surface area contributed by atoms with Crippen molar-refractivity contribution in [1.82, 2.24) is 19.4 Å². The molecule has 1 aliphatic heterocycles. The van der Waals surface area contributed by atoms with Gasteiger partial charge in [-0.15, -0.1) is 0 Å². The molecule has 2 aliphatic rings. The number of nitrogens with zero attached hydrogens (tertiary/aromatic N) is 5. The van der Waals surface area contributed by atoms with Crippen LogP contribution in [0.5, 0.6) is 0 Å². The van der Waals surface area contributed by atoms with Crippen LogP contribution in [0.25, 0.3) is 5.65 Å². The monoisotopic (exact) mass is 448 g/mol. The van der Waals surface area contributed by atoms with Crippen LogP contribution in [-0.2, 0) is 6.18 Å². The molecule has 1 spiro atoms. The number of fused-ring (bicyclic) bond motifs is 1. The van der Waals surface area contributed by atoms with Gasteiger partial charge in [0.2, 0.25) is 5.95 Å². The van der Waals surface area contributed by atoms with Crippen LogP contribution in [-0.4, -0.2) is 38.5 Å². The number of rotatable bonds is 3. The Balaban J connectivity index is 1.42. The molecule has 10 heteroatoms. The average molecular weight is 449 g/mol. The van der Waals surface area contributed by atoms with Crippen LogP contribution >= 0.6 is 11.8 Å². The summed E-state index contributed by atoms with van der Waals surface area (Å²) in [5.74, 6) is 0.764. The van der Waals surface area contributed by atoms with Gasteiger partial charge in [-0.05, 0) is 43.2 Å². The number of piperidine rings is 1. The molecular weight excluding hydrogens is 425 g/mol. The number of halogens is 3. The van der Waals surface area contributed by atoms with E-state index in [0.717, 1.165) is 56.3 Å². The molecule has 6 nitrogen and oxygen atoms in total. The molecule has 1 saturated heterocycles. The zero-order valence-electron chi connectivity index (χ0n) is 16.8. The van der Waals surface area contributed by atoms with E-state index in [2.05, 4.69) is 19.9 Å². The first-order valence-electron chi connectivity index (χ1n) is 10.4. The highest BCUT2D eigenvalue weighted by Gasteiger charge is 2.43. The van der Waals surface area contributed by atoms with Gasteiger partial charge in [0, 0.05) is 48.8 Å². The molecule has 4 heterocycles. The maximum absolute atomic E-state index is 13.3. The Hall–Kier alpha value is -2.33. The first-order chi connectivity index (χ1) is 14.9. The van der Waals surface area contributed by atoms with Crippen molar-refractivity contribution in [2.75, 3.05) is 18.0 Å². The van der Waals surface area contributed by atoms with Gasteiger partial charge < -0.3 is 10.6 Å². The Labute approximate surface area is 182 Å². The summed E-state index contributed by atoms with van der Waals surface area (Å²) in [5.41, 5.74) is 6.33. The highest BCUT2D eigenvalue weighted by atomic mass is 32.2. The standard InChI is InChI=1S/C21H23F3N6S/c22-21(23,24)17-14(3-2-8-26-17)31-15-13-28-19(30-12-9-27-18(15)30)29-10-6-20(7-11-29)5-1-4-16(20)25/h2-3,8-9,12-13,16H,1,4-7,10-11,25H2. The number of nitrogens with two attached hydrogens (primary N) is 1. The van der Waals surface area contributed by atoms with Gasteiger partial charge in [0.05, 0.1) is 4.90 Å². The number of imidazole rings is 1. The summed E-state index contributed by atoms with van der Waals surface area (Å²) < 4.78 is 41.9. The Kier molecular flexibility index (Phi) is 5.09. The van der Waals surface area contributed by atoms with E-state index in [9.17, 15) is 13.2 Å². The molecule has 5 rings (SSSR count). The highest BCUT2D eigenvalue weighted by molar-refractivity contribution is 7.99. The maximum atomic E-state index is 13.3. The van der Waals surface area contributed by atoms with Crippen LogP contribution in [0.2, 0.25) is 0 Å². The molecule has 0 radical (unpaired) electrons. The van der Waals surface area contributed by atoms with Crippen molar-refractivity contribution in [2.45, 2.75) is 54.1 Å².